The molecule has 1 rings (SSSR count). The zero-order valence-corrected chi connectivity index (χ0v) is 12.1. The smallest absolute Gasteiger partial charge is 0.338 e. The predicted molar refractivity (Wildman–Crippen MR) is 72.3 cm³/mol. The summed E-state index contributed by atoms with van der Waals surface area (Å²) >= 11 is 0. The fraction of sp³-hybridized carbons (Fsp3) is 0.467. The molecule has 4 heteroatoms. The summed E-state index contributed by atoms with van der Waals surface area (Å²) in [6, 6.07) is 1.78. The van der Waals surface area contributed by atoms with Crippen LogP contribution in [-0.2, 0) is 20.7 Å². The third-order valence-electron chi connectivity index (χ3n) is 3.34. The van der Waals surface area contributed by atoms with Gasteiger partial charge in [-0.25, -0.2) is 4.79 Å². The van der Waals surface area contributed by atoms with E-state index in [-0.39, 0.29) is 12.4 Å². The first-order valence-corrected chi connectivity index (χ1v) is 6.25. The Hall–Kier alpha value is -1.84. The molecule has 4 nitrogen and oxygen atoms in total. The van der Waals surface area contributed by atoms with Gasteiger partial charge >= 0.3 is 11.9 Å². The predicted octanol–water partition coefficient (Wildman–Crippen LogP) is 2.50. The molecule has 0 aliphatic rings. The summed E-state index contributed by atoms with van der Waals surface area (Å²) in [5.74, 6) is -0.760. The van der Waals surface area contributed by atoms with Gasteiger partial charge in [0.25, 0.3) is 0 Å². The van der Waals surface area contributed by atoms with Crippen LogP contribution in [0.3, 0.4) is 0 Å². The minimum atomic E-state index is -0.396. The third-order valence-corrected chi connectivity index (χ3v) is 3.34. The largest absolute Gasteiger partial charge is 0.469 e. The molecule has 0 heterocycles. The molecule has 0 aliphatic carbocycles. The molecule has 0 bridgehead atoms. The van der Waals surface area contributed by atoms with E-state index in [1.165, 1.54) is 7.11 Å². The maximum absolute atomic E-state index is 12.0. The summed E-state index contributed by atoms with van der Waals surface area (Å²) in [6.45, 7) is 7.88. The number of ether oxygens (including phenoxy) is 2. The summed E-state index contributed by atoms with van der Waals surface area (Å²) in [7, 11) is 1.34. The minimum Gasteiger partial charge on any atom is -0.469 e. The molecule has 0 spiro atoms. The topological polar surface area (TPSA) is 52.6 Å². The van der Waals surface area contributed by atoms with Crippen molar-refractivity contribution in [1.82, 2.24) is 0 Å². The quantitative estimate of drug-likeness (QED) is 0.784. The van der Waals surface area contributed by atoms with Crippen molar-refractivity contribution in [2.45, 2.75) is 34.1 Å². The van der Waals surface area contributed by atoms with E-state index >= 15 is 0 Å². The van der Waals surface area contributed by atoms with Crippen molar-refractivity contribution in [1.29, 1.82) is 0 Å². The zero-order valence-electron chi connectivity index (χ0n) is 12.1. The molecule has 104 valence electrons. The van der Waals surface area contributed by atoms with E-state index in [9.17, 15) is 9.59 Å². The lowest BCUT2D eigenvalue weighted by atomic mass is 9.92. The Bertz CT molecular complexity index is 503. The van der Waals surface area contributed by atoms with Crippen molar-refractivity contribution in [2.24, 2.45) is 0 Å². The van der Waals surface area contributed by atoms with E-state index in [0.717, 1.165) is 16.7 Å². The van der Waals surface area contributed by atoms with Crippen LogP contribution in [0, 0.1) is 20.8 Å². The van der Waals surface area contributed by atoms with Crippen LogP contribution in [0.1, 0.15) is 39.5 Å². The lowest BCUT2D eigenvalue weighted by molar-refractivity contribution is -0.139. The van der Waals surface area contributed by atoms with Crippen LogP contribution >= 0.6 is 0 Å². The van der Waals surface area contributed by atoms with Gasteiger partial charge in [-0.1, -0.05) is 0 Å². The van der Waals surface area contributed by atoms with Crippen LogP contribution in [0.15, 0.2) is 6.07 Å². The Kier molecular flexibility index (Phi) is 5.10. The number of benzene rings is 1. The zero-order chi connectivity index (χ0) is 14.6. The van der Waals surface area contributed by atoms with Crippen molar-refractivity contribution in [3.8, 4) is 0 Å². The van der Waals surface area contributed by atoms with Crippen LogP contribution in [0.5, 0.6) is 0 Å². The Morgan fingerprint density at radius 1 is 1.16 bits per heavy atom. The number of aryl methyl sites for hydroxylation is 1. The monoisotopic (exact) mass is 264 g/mol. The van der Waals surface area contributed by atoms with Crippen molar-refractivity contribution in [3.63, 3.8) is 0 Å². The van der Waals surface area contributed by atoms with Crippen LogP contribution in [0.2, 0.25) is 0 Å². The van der Waals surface area contributed by atoms with Gasteiger partial charge in [0.15, 0.2) is 0 Å². The Morgan fingerprint density at radius 3 is 2.32 bits per heavy atom. The van der Waals surface area contributed by atoms with E-state index in [1.807, 2.05) is 20.8 Å². The fourth-order valence-electron chi connectivity index (χ4n) is 1.97. The van der Waals surface area contributed by atoms with Crippen molar-refractivity contribution in [3.05, 3.63) is 33.9 Å². The SMILES string of the molecule is CCOC(=O)c1cc(C)c(C)c(C)c1CC(=O)OC. The highest BCUT2D eigenvalue weighted by Crippen LogP contribution is 2.23. The van der Waals surface area contributed by atoms with Gasteiger partial charge in [-0.15, -0.1) is 0 Å². The average Bonchev–Trinajstić information content (AvgIpc) is 2.39. The molecule has 0 aliphatic heterocycles. The normalized spacial score (nSPS) is 10.2. The molecule has 0 fully saturated rings. The molecule has 0 amide bonds. The Labute approximate surface area is 113 Å². The first kappa shape index (κ1) is 15.2. The van der Waals surface area contributed by atoms with Gasteiger partial charge in [0, 0.05) is 0 Å². The second-order valence-electron chi connectivity index (χ2n) is 4.44. The molecule has 1 aromatic rings. The molecule has 0 atom stereocenters. The molecule has 0 unspecified atom stereocenters. The van der Waals surface area contributed by atoms with Crippen LogP contribution in [0.4, 0.5) is 0 Å². The van der Waals surface area contributed by atoms with E-state index in [1.54, 1.807) is 13.0 Å². The molecule has 0 radical (unpaired) electrons. The van der Waals surface area contributed by atoms with Gasteiger partial charge in [0.1, 0.15) is 0 Å². The van der Waals surface area contributed by atoms with Crippen molar-refractivity contribution in [2.75, 3.05) is 13.7 Å². The Morgan fingerprint density at radius 2 is 1.79 bits per heavy atom. The van der Waals surface area contributed by atoms with E-state index in [4.69, 9.17) is 4.74 Å². The van der Waals surface area contributed by atoms with Gasteiger partial charge in [0.2, 0.25) is 0 Å². The maximum Gasteiger partial charge on any atom is 0.338 e. The highest BCUT2D eigenvalue weighted by molar-refractivity contribution is 5.93. The molecule has 1 aromatic carbocycles. The maximum atomic E-state index is 12.0. The van der Waals surface area contributed by atoms with E-state index < -0.39 is 5.97 Å². The van der Waals surface area contributed by atoms with Gasteiger partial charge in [-0.05, 0) is 56.0 Å². The summed E-state index contributed by atoms with van der Waals surface area (Å²) < 4.78 is 9.73. The first-order valence-electron chi connectivity index (χ1n) is 6.25. The molecule has 0 aromatic heterocycles. The van der Waals surface area contributed by atoms with Gasteiger partial charge < -0.3 is 9.47 Å². The average molecular weight is 264 g/mol. The lowest BCUT2D eigenvalue weighted by Gasteiger charge is -2.15. The molecular formula is C15H20O4. The number of esters is 2. The number of rotatable bonds is 4. The minimum absolute atomic E-state index is 0.0810. The van der Waals surface area contributed by atoms with Crippen LogP contribution < -0.4 is 0 Å². The second kappa shape index (κ2) is 6.36. The number of methoxy groups -OCH3 is 1. The summed E-state index contributed by atoms with van der Waals surface area (Å²) in [6.07, 6.45) is 0.0810. The Balaban J connectivity index is 3.34. The second-order valence-corrected chi connectivity index (χ2v) is 4.44. The van der Waals surface area contributed by atoms with Gasteiger partial charge in [-0.2, -0.15) is 0 Å². The highest BCUT2D eigenvalue weighted by Gasteiger charge is 2.19. The summed E-state index contributed by atoms with van der Waals surface area (Å²) in [5, 5.41) is 0. The lowest BCUT2D eigenvalue weighted by Crippen LogP contribution is -2.15. The van der Waals surface area contributed by atoms with Crippen molar-refractivity contribution < 1.29 is 19.1 Å². The van der Waals surface area contributed by atoms with E-state index in [0.29, 0.717) is 17.7 Å². The summed E-state index contributed by atoms with van der Waals surface area (Å²) in [4.78, 5) is 23.5. The van der Waals surface area contributed by atoms with Crippen LogP contribution in [-0.4, -0.2) is 25.7 Å². The number of hydrogen-bond acceptors (Lipinski definition) is 4. The number of carbonyl (C=O) groups excluding carboxylic acids is 2. The molecular weight excluding hydrogens is 244 g/mol. The number of hydrogen-bond donors (Lipinski definition) is 0. The molecule has 19 heavy (non-hydrogen) atoms. The number of carbonyl (C=O) groups is 2. The fourth-order valence-corrected chi connectivity index (χ4v) is 1.97. The summed E-state index contributed by atoms with van der Waals surface area (Å²) in [5.41, 5.74) is 4.16. The molecule has 0 N–H and O–H groups in total. The third kappa shape index (κ3) is 3.34. The first-order chi connectivity index (χ1) is 8.92. The molecule has 0 saturated carbocycles. The highest BCUT2D eigenvalue weighted by atomic mass is 16.5. The standard InChI is InChI=1S/C15H20O4/c1-6-19-15(17)13-7-9(2)10(3)11(4)12(13)8-14(16)18-5/h7H,6,8H2,1-5H3. The molecule has 0 saturated heterocycles. The van der Waals surface area contributed by atoms with Crippen LogP contribution in [0.25, 0.3) is 0 Å². The van der Waals surface area contributed by atoms with Crippen molar-refractivity contribution >= 4 is 11.9 Å². The van der Waals surface area contributed by atoms with Gasteiger partial charge in [-0.3, -0.25) is 4.79 Å². The van der Waals surface area contributed by atoms with Gasteiger partial charge in [0.05, 0.1) is 25.7 Å². The van der Waals surface area contributed by atoms with E-state index in [2.05, 4.69) is 4.74 Å².